The van der Waals surface area contributed by atoms with Crippen LogP contribution in [0.5, 0.6) is 5.75 Å². The van der Waals surface area contributed by atoms with Crippen LogP contribution in [-0.4, -0.2) is 46.9 Å². The van der Waals surface area contributed by atoms with E-state index in [1.165, 1.54) is 6.92 Å². The van der Waals surface area contributed by atoms with Gasteiger partial charge >= 0.3 is 13.6 Å². The van der Waals surface area contributed by atoms with Crippen molar-refractivity contribution in [3.05, 3.63) is 46.9 Å². The number of carboxylic acid groups (broad SMARTS) is 1. The maximum absolute atomic E-state index is 13.1. The first-order valence-electron chi connectivity index (χ1n) is 10.3. The highest BCUT2D eigenvalue weighted by Crippen LogP contribution is 2.51. The molecule has 33 heavy (non-hydrogen) atoms. The van der Waals surface area contributed by atoms with E-state index in [2.05, 4.69) is 4.58 Å². The lowest BCUT2D eigenvalue weighted by Gasteiger charge is -2.31. The highest BCUT2D eigenvalue weighted by Gasteiger charge is 2.44. The van der Waals surface area contributed by atoms with E-state index in [-0.39, 0.29) is 13.0 Å². The molecule has 11 heteroatoms. The third-order valence-electron chi connectivity index (χ3n) is 5.25. The predicted octanol–water partition coefficient (Wildman–Crippen LogP) is 5.34. The molecule has 0 radical (unpaired) electrons. The smallest absolute Gasteiger partial charge is 0.331 e. The molecular weight excluding hydrogens is 469 g/mol. The highest BCUT2D eigenvalue weighted by atomic mass is 32.2. The minimum absolute atomic E-state index is 0.101. The van der Waals surface area contributed by atoms with Crippen LogP contribution in [-0.2, 0) is 24.0 Å². The molecule has 0 fully saturated rings. The maximum Gasteiger partial charge on any atom is 0.331 e. The average Bonchev–Trinajstić information content (AvgIpc) is 2.71. The fourth-order valence-electron chi connectivity index (χ4n) is 3.45. The normalized spacial score (nSPS) is 16.5. The molecule has 2 N–H and O–H groups in total. The van der Waals surface area contributed by atoms with Gasteiger partial charge in [0, 0.05) is 34.3 Å². The Morgan fingerprint density at radius 1 is 1.18 bits per heavy atom. The van der Waals surface area contributed by atoms with E-state index in [0.29, 0.717) is 11.3 Å². The Morgan fingerprint density at radius 2 is 1.82 bits per heavy atom. The van der Waals surface area contributed by atoms with E-state index in [0.717, 1.165) is 22.7 Å². The number of nitroso groups, excluding NO2 is 1. The molecule has 0 aromatic heterocycles. The standard InChI is InChI=1S/C22H30NO8PS/c1-6-30-19(13-21(2,3)33-23-26)31-32(27,28)14-22(4,20(24)25)17-9-7-16-12-18(29-5)10-8-15(16)11-17/h7-12,19H,6,13-14H2,1-5H3,(H,24,25)(H,27,28)/t19?,22-/m1/s1. The Bertz CT molecular complexity index is 1050. The number of nitrogens with zero attached hydrogens (tertiary/aromatic N) is 1. The lowest BCUT2D eigenvalue weighted by Crippen LogP contribution is -2.37. The molecular formula is C22H30NO8PS. The number of ether oxygens (including phenoxy) is 2. The van der Waals surface area contributed by atoms with E-state index in [9.17, 15) is 24.3 Å². The number of aliphatic carboxylic acids is 1. The van der Waals surface area contributed by atoms with Crippen LogP contribution in [0.4, 0.5) is 0 Å². The van der Waals surface area contributed by atoms with Crippen molar-refractivity contribution in [2.24, 2.45) is 4.58 Å². The summed E-state index contributed by atoms with van der Waals surface area (Å²) < 4.78 is 31.2. The van der Waals surface area contributed by atoms with Crippen LogP contribution in [0.3, 0.4) is 0 Å². The zero-order valence-electron chi connectivity index (χ0n) is 19.3. The van der Waals surface area contributed by atoms with E-state index >= 15 is 0 Å². The topological polar surface area (TPSA) is 132 Å². The second-order valence-electron chi connectivity index (χ2n) is 8.48. The average molecular weight is 500 g/mol. The van der Waals surface area contributed by atoms with E-state index in [1.807, 2.05) is 6.07 Å². The molecule has 2 aromatic rings. The van der Waals surface area contributed by atoms with Crippen molar-refractivity contribution in [3.63, 3.8) is 0 Å². The number of benzene rings is 2. The fourth-order valence-corrected chi connectivity index (χ4v) is 5.56. The second kappa shape index (κ2) is 11.0. The third kappa shape index (κ3) is 7.25. The van der Waals surface area contributed by atoms with Crippen LogP contribution in [0.1, 0.15) is 39.7 Å². The molecule has 0 spiro atoms. The fraction of sp³-hybridized carbons (Fsp3) is 0.500. The van der Waals surface area contributed by atoms with Crippen LogP contribution >= 0.6 is 19.5 Å². The summed E-state index contributed by atoms with van der Waals surface area (Å²) >= 11 is 0.767. The van der Waals surface area contributed by atoms with Gasteiger partial charge in [0.25, 0.3) is 0 Å². The van der Waals surface area contributed by atoms with Gasteiger partial charge in [-0.05, 0) is 62.2 Å². The van der Waals surface area contributed by atoms with Crippen LogP contribution in [0, 0.1) is 4.91 Å². The number of carboxylic acids is 1. The minimum Gasteiger partial charge on any atom is -0.497 e. The van der Waals surface area contributed by atoms with E-state index in [1.54, 1.807) is 58.2 Å². The summed E-state index contributed by atoms with van der Waals surface area (Å²) in [5, 5.41) is 11.6. The van der Waals surface area contributed by atoms with Crippen LogP contribution < -0.4 is 4.74 Å². The Morgan fingerprint density at radius 3 is 2.39 bits per heavy atom. The molecule has 9 nitrogen and oxygen atoms in total. The molecule has 2 aromatic carbocycles. The third-order valence-corrected chi connectivity index (χ3v) is 7.58. The SMILES string of the molecule is CCOC(CC(C)(C)SN=O)OP(=O)(O)C[C@@](C)(C(=O)O)c1ccc2cc(OC)ccc2c1. The number of hydrogen-bond acceptors (Lipinski definition) is 8. The molecule has 2 unspecified atom stereocenters. The van der Waals surface area contributed by atoms with Crippen LogP contribution in [0.25, 0.3) is 10.8 Å². The number of hydrogen-bond donors (Lipinski definition) is 2. The van der Waals surface area contributed by atoms with Gasteiger partial charge in [-0.15, -0.1) is 4.91 Å². The van der Waals surface area contributed by atoms with E-state index < -0.39 is 36.2 Å². The summed E-state index contributed by atoms with van der Waals surface area (Å²) in [6, 6.07) is 10.4. The Balaban J connectivity index is 2.33. The summed E-state index contributed by atoms with van der Waals surface area (Å²) in [6.45, 7) is 6.73. The lowest BCUT2D eigenvalue weighted by molar-refractivity contribution is -0.142. The molecule has 0 bridgehead atoms. The van der Waals surface area contributed by atoms with Gasteiger partial charge in [-0.3, -0.25) is 13.9 Å². The van der Waals surface area contributed by atoms with Gasteiger partial charge in [0.05, 0.1) is 13.3 Å². The van der Waals surface area contributed by atoms with Gasteiger partial charge in [0.1, 0.15) is 11.2 Å². The predicted molar refractivity (Wildman–Crippen MR) is 129 cm³/mol. The van der Waals surface area contributed by atoms with Gasteiger partial charge in [-0.1, -0.05) is 18.2 Å². The molecule has 0 saturated carbocycles. The maximum atomic E-state index is 13.1. The van der Waals surface area contributed by atoms with Crippen molar-refractivity contribution in [3.8, 4) is 5.75 Å². The molecule has 2 rings (SSSR count). The largest absolute Gasteiger partial charge is 0.497 e. The van der Waals surface area contributed by atoms with Crippen molar-refractivity contribution < 1.29 is 33.4 Å². The number of methoxy groups -OCH3 is 1. The summed E-state index contributed by atoms with van der Waals surface area (Å²) in [6.07, 6.45) is -1.68. The molecule has 182 valence electrons. The molecule has 3 atom stereocenters. The number of fused-ring (bicyclic) bond motifs is 1. The second-order valence-corrected chi connectivity index (χ2v) is 11.7. The molecule has 0 saturated heterocycles. The summed E-state index contributed by atoms with van der Waals surface area (Å²) in [5.41, 5.74) is -1.34. The van der Waals surface area contributed by atoms with Crippen LogP contribution in [0.15, 0.2) is 41.0 Å². The van der Waals surface area contributed by atoms with Gasteiger partial charge in [-0.2, -0.15) is 0 Å². The zero-order chi connectivity index (χ0) is 24.9. The Hall–Kier alpha value is -1.97. The Kier molecular flexibility index (Phi) is 9.07. The van der Waals surface area contributed by atoms with Crippen molar-refractivity contribution in [2.45, 2.75) is 50.6 Å². The van der Waals surface area contributed by atoms with Crippen molar-refractivity contribution >= 4 is 36.3 Å². The monoisotopic (exact) mass is 499 g/mol. The molecule has 0 aliphatic heterocycles. The Labute approximate surface area is 197 Å². The van der Waals surface area contributed by atoms with Gasteiger partial charge in [-0.25, -0.2) is 0 Å². The van der Waals surface area contributed by atoms with Crippen molar-refractivity contribution in [1.29, 1.82) is 0 Å². The minimum atomic E-state index is -4.44. The first-order chi connectivity index (χ1) is 15.4. The van der Waals surface area contributed by atoms with Crippen LogP contribution in [0.2, 0.25) is 0 Å². The lowest BCUT2D eigenvalue weighted by atomic mass is 9.83. The van der Waals surface area contributed by atoms with Crippen molar-refractivity contribution in [1.82, 2.24) is 0 Å². The molecule has 0 amide bonds. The number of rotatable bonds is 13. The van der Waals surface area contributed by atoms with Gasteiger partial charge in [0.15, 0.2) is 6.29 Å². The van der Waals surface area contributed by atoms with Crippen molar-refractivity contribution in [2.75, 3.05) is 19.9 Å². The quantitative estimate of drug-likeness (QED) is 0.162. The summed E-state index contributed by atoms with van der Waals surface area (Å²) in [4.78, 5) is 33.6. The summed E-state index contributed by atoms with van der Waals surface area (Å²) in [7, 11) is -2.88. The van der Waals surface area contributed by atoms with Gasteiger partial charge in [0.2, 0.25) is 0 Å². The first kappa shape index (κ1) is 27.3. The highest BCUT2D eigenvalue weighted by molar-refractivity contribution is 7.99. The first-order valence-corrected chi connectivity index (χ1v) is 12.8. The molecule has 0 aliphatic carbocycles. The van der Waals surface area contributed by atoms with E-state index in [4.69, 9.17) is 14.0 Å². The number of carbonyl (C=O) groups is 1. The molecule has 0 aliphatic rings. The van der Waals surface area contributed by atoms with Gasteiger partial charge < -0.3 is 19.5 Å². The summed E-state index contributed by atoms with van der Waals surface area (Å²) in [5.74, 6) is -0.598. The molecule has 0 heterocycles. The zero-order valence-corrected chi connectivity index (χ0v) is 21.0.